The lowest BCUT2D eigenvalue weighted by Crippen LogP contribution is -2.28. The number of rotatable bonds is 5. The van der Waals surface area contributed by atoms with Gasteiger partial charge in [0, 0.05) is 12.5 Å². The Hall–Kier alpha value is -0.410. The van der Waals surface area contributed by atoms with Crippen LogP contribution in [-0.2, 0) is 14.3 Å². The molecule has 3 unspecified atom stereocenters. The predicted molar refractivity (Wildman–Crippen MR) is 52.1 cm³/mol. The molecule has 0 radical (unpaired) electrons. The number of fused-ring (bicyclic) bond motifs is 2. The van der Waals surface area contributed by atoms with Gasteiger partial charge in [-0.15, -0.1) is 0 Å². The second-order valence-corrected chi connectivity index (χ2v) is 4.23. The second kappa shape index (κ2) is 4.41. The topological polar surface area (TPSA) is 35.5 Å². The fourth-order valence-electron chi connectivity index (χ4n) is 2.40. The molecule has 0 aromatic heterocycles. The fraction of sp³-hybridized carbons (Fsp3) is 0.909. The largest absolute Gasteiger partial charge is 0.374 e. The number of ketones is 1. The van der Waals surface area contributed by atoms with Crippen molar-refractivity contribution in [1.29, 1.82) is 0 Å². The standard InChI is InChI=1S/C11H18O3/c1-2-5-13-7-10(12)9-6-8-3-4-11(9)14-8/h8-9,11H,2-7H2,1H3. The van der Waals surface area contributed by atoms with Gasteiger partial charge < -0.3 is 9.47 Å². The van der Waals surface area contributed by atoms with Crippen LogP contribution in [0.25, 0.3) is 0 Å². The Bertz CT molecular complexity index is 215. The minimum atomic E-state index is 0.130. The maximum atomic E-state index is 11.7. The molecule has 0 N–H and O–H groups in total. The molecule has 14 heavy (non-hydrogen) atoms. The number of carbonyl (C=O) groups excluding carboxylic acids is 1. The zero-order valence-corrected chi connectivity index (χ0v) is 8.70. The molecule has 0 aromatic carbocycles. The summed E-state index contributed by atoms with van der Waals surface area (Å²) in [6.07, 6.45) is 4.68. The van der Waals surface area contributed by atoms with Crippen molar-refractivity contribution in [3.8, 4) is 0 Å². The predicted octanol–water partition coefficient (Wildman–Crippen LogP) is 1.55. The third kappa shape index (κ3) is 1.98. The summed E-state index contributed by atoms with van der Waals surface area (Å²) in [6.45, 7) is 3.02. The highest BCUT2D eigenvalue weighted by atomic mass is 16.5. The van der Waals surface area contributed by atoms with E-state index in [4.69, 9.17) is 9.47 Å². The molecule has 0 aromatic rings. The maximum absolute atomic E-state index is 11.7. The lowest BCUT2D eigenvalue weighted by atomic mass is 9.86. The van der Waals surface area contributed by atoms with E-state index in [2.05, 4.69) is 0 Å². The molecule has 0 amide bonds. The lowest BCUT2D eigenvalue weighted by Gasteiger charge is -2.16. The van der Waals surface area contributed by atoms with E-state index in [0.29, 0.717) is 12.7 Å². The Morgan fingerprint density at radius 3 is 2.93 bits per heavy atom. The number of hydrogen-bond acceptors (Lipinski definition) is 3. The van der Waals surface area contributed by atoms with Gasteiger partial charge in [-0.2, -0.15) is 0 Å². The molecule has 2 fully saturated rings. The van der Waals surface area contributed by atoms with Crippen molar-refractivity contribution in [2.75, 3.05) is 13.2 Å². The van der Waals surface area contributed by atoms with Crippen molar-refractivity contribution in [3.63, 3.8) is 0 Å². The molecule has 2 saturated heterocycles. The zero-order chi connectivity index (χ0) is 9.97. The molecule has 2 heterocycles. The first-order valence-corrected chi connectivity index (χ1v) is 5.57. The van der Waals surface area contributed by atoms with E-state index in [0.717, 1.165) is 25.7 Å². The first-order valence-electron chi connectivity index (χ1n) is 5.57. The molecule has 3 heteroatoms. The van der Waals surface area contributed by atoms with E-state index in [1.807, 2.05) is 6.92 Å². The molecule has 2 rings (SSSR count). The monoisotopic (exact) mass is 198 g/mol. The molecular formula is C11H18O3. The van der Waals surface area contributed by atoms with Crippen LogP contribution in [0.5, 0.6) is 0 Å². The SMILES string of the molecule is CCCOCC(=O)C1CC2CCC1O2. The molecule has 2 bridgehead atoms. The van der Waals surface area contributed by atoms with Crippen LogP contribution in [0.3, 0.4) is 0 Å². The van der Waals surface area contributed by atoms with Gasteiger partial charge >= 0.3 is 0 Å². The number of Topliss-reactive ketones (excluding diaryl/α,β-unsaturated/α-hetero) is 1. The van der Waals surface area contributed by atoms with E-state index in [1.165, 1.54) is 0 Å². The smallest absolute Gasteiger partial charge is 0.164 e. The van der Waals surface area contributed by atoms with Crippen LogP contribution in [0.2, 0.25) is 0 Å². The van der Waals surface area contributed by atoms with Gasteiger partial charge in [-0.25, -0.2) is 0 Å². The number of carbonyl (C=O) groups is 1. The van der Waals surface area contributed by atoms with Gasteiger partial charge in [0.15, 0.2) is 5.78 Å². The first kappa shape index (κ1) is 10.1. The van der Waals surface area contributed by atoms with E-state index < -0.39 is 0 Å². The minimum Gasteiger partial charge on any atom is -0.374 e. The molecule has 0 saturated carbocycles. The van der Waals surface area contributed by atoms with Gasteiger partial charge in [-0.05, 0) is 25.7 Å². The van der Waals surface area contributed by atoms with Crippen molar-refractivity contribution in [2.24, 2.45) is 5.92 Å². The summed E-state index contributed by atoms with van der Waals surface area (Å²) < 4.78 is 10.9. The van der Waals surface area contributed by atoms with Gasteiger partial charge in [0.05, 0.1) is 12.2 Å². The summed E-state index contributed by atoms with van der Waals surface area (Å²) in [5, 5.41) is 0. The van der Waals surface area contributed by atoms with Crippen LogP contribution in [0.1, 0.15) is 32.6 Å². The van der Waals surface area contributed by atoms with Crippen molar-refractivity contribution >= 4 is 5.78 Å². The van der Waals surface area contributed by atoms with Crippen LogP contribution < -0.4 is 0 Å². The van der Waals surface area contributed by atoms with Crippen LogP contribution >= 0.6 is 0 Å². The highest BCUT2D eigenvalue weighted by Crippen LogP contribution is 2.39. The van der Waals surface area contributed by atoms with Crippen LogP contribution in [0, 0.1) is 5.92 Å². The number of ether oxygens (including phenoxy) is 2. The molecule has 0 spiro atoms. The molecule has 3 nitrogen and oxygen atoms in total. The summed E-state index contributed by atoms with van der Waals surface area (Å²) in [4.78, 5) is 11.7. The van der Waals surface area contributed by atoms with Crippen molar-refractivity contribution in [1.82, 2.24) is 0 Å². The average molecular weight is 198 g/mol. The Balaban J connectivity index is 1.75. The Kier molecular flexibility index (Phi) is 3.19. The van der Waals surface area contributed by atoms with Crippen LogP contribution in [-0.4, -0.2) is 31.2 Å². The summed E-state index contributed by atoms with van der Waals surface area (Å²) in [5.74, 6) is 0.372. The van der Waals surface area contributed by atoms with Crippen LogP contribution in [0.15, 0.2) is 0 Å². The summed E-state index contributed by atoms with van der Waals surface area (Å²) in [7, 11) is 0. The van der Waals surface area contributed by atoms with Gasteiger partial charge in [0.1, 0.15) is 6.61 Å². The van der Waals surface area contributed by atoms with Gasteiger partial charge in [0.25, 0.3) is 0 Å². The Morgan fingerprint density at radius 2 is 2.36 bits per heavy atom. The fourth-order valence-corrected chi connectivity index (χ4v) is 2.40. The van der Waals surface area contributed by atoms with Gasteiger partial charge in [0.2, 0.25) is 0 Å². The summed E-state index contributed by atoms with van der Waals surface area (Å²) in [6, 6.07) is 0. The maximum Gasteiger partial charge on any atom is 0.164 e. The van der Waals surface area contributed by atoms with E-state index in [1.54, 1.807) is 0 Å². The van der Waals surface area contributed by atoms with Crippen molar-refractivity contribution < 1.29 is 14.3 Å². The van der Waals surface area contributed by atoms with E-state index in [9.17, 15) is 4.79 Å². The Labute approximate surface area is 84.8 Å². The Morgan fingerprint density at radius 1 is 1.50 bits per heavy atom. The summed E-state index contributed by atoms with van der Waals surface area (Å²) in [5.41, 5.74) is 0. The molecule has 2 aliphatic rings. The second-order valence-electron chi connectivity index (χ2n) is 4.23. The van der Waals surface area contributed by atoms with Crippen molar-refractivity contribution in [3.05, 3.63) is 0 Å². The molecular weight excluding hydrogens is 180 g/mol. The van der Waals surface area contributed by atoms with E-state index in [-0.39, 0.29) is 24.4 Å². The highest BCUT2D eigenvalue weighted by molar-refractivity contribution is 5.83. The molecule has 2 aliphatic heterocycles. The van der Waals surface area contributed by atoms with Gasteiger partial charge in [-0.1, -0.05) is 6.92 Å². The van der Waals surface area contributed by atoms with Crippen molar-refractivity contribution in [2.45, 2.75) is 44.8 Å². The van der Waals surface area contributed by atoms with Crippen LogP contribution in [0.4, 0.5) is 0 Å². The van der Waals surface area contributed by atoms with Gasteiger partial charge in [-0.3, -0.25) is 4.79 Å². The molecule has 0 aliphatic carbocycles. The third-order valence-electron chi connectivity index (χ3n) is 3.11. The van der Waals surface area contributed by atoms with E-state index >= 15 is 0 Å². The lowest BCUT2D eigenvalue weighted by molar-refractivity contribution is -0.129. The molecule has 80 valence electrons. The summed E-state index contributed by atoms with van der Waals surface area (Å²) >= 11 is 0. The highest BCUT2D eigenvalue weighted by Gasteiger charge is 2.43. The number of hydrogen-bond donors (Lipinski definition) is 0. The quantitative estimate of drug-likeness (QED) is 0.629. The first-order chi connectivity index (χ1) is 6.81. The molecule has 3 atom stereocenters. The third-order valence-corrected chi connectivity index (χ3v) is 3.11. The minimum absolute atomic E-state index is 0.130. The normalized spacial score (nSPS) is 35.1. The zero-order valence-electron chi connectivity index (χ0n) is 8.70. The average Bonchev–Trinajstić information content (AvgIpc) is 2.79.